The Morgan fingerprint density at radius 3 is 2.47 bits per heavy atom. The second kappa shape index (κ2) is 7.16. The highest BCUT2D eigenvalue weighted by atomic mass is 32.2. The molecule has 0 bridgehead atoms. The van der Waals surface area contributed by atoms with Gasteiger partial charge in [0.25, 0.3) is 0 Å². The summed E-state index contributed by atoms with van der Waals surface area (Å²) < 4.78 is 29.8. The molecule has 0 aromatic heterocycles. The zero-order valence-corrected chi connectivity index (χ0v) is 10.6. The van der Waals surface area contributed by atoms with E-state index in [-0.39, 0.29) is 11.8 Å². The first-order valence-electron chi connectivity index (χ1n) is 5.10. The molecule has 0 rings (SSSR count). The van der Waals surface area contributed by atoms with Gasteiger partial charge in [0.2, 0.25) is 10.0 Å². The number of hydrogen-bond donors (Lipinski definition) is 1. The van der Waals surface area contributed by atoms with Crippen molar-refractivity contribution in [2.24, 2.45) is 5.73 Å². The molecule has 15 heavy (non-hydrogen) atoms. The maximum atomic E-state index is 11.8. The molecule has 0 aliphatic rings. The lowest BCUT2D eigenvalue weighted by atomic mass is 10.3. The summed E-state index contributed by atoms with van der Waals surface area (Å²) in [6.45, 7) is 2.77. The molecule has 0 saturated carbocycles. The Kier molecular flexibility index (Phi) is 7.08. The minimum atomic E-state index is -3.16. The van der Waals surface area contributed by atoms with Crippen molar-refractivity contribution >= 4 is 10.0 Å². The highest BCUT2D eigenvalue weighted by Crippen LogP contribution is 2.07. The number of methoxy groups -OCH3 is 1. The van der Waals surface area contributed by atoms with Crippen LogP contribution < -0.4 is 5.73 Å². The van der Waals surface area contributed by atoms with Crippen LogP contribution in [0.25, 0.3) is 0 Å². The summed E-state index contributed by atoms with van der Waals surface area (Å²) in [5.74, 6) is 0.161. The van der Waals surface area contributed by atoms with Gasteiger partial charge in [-0.3, -0.25) is 0 Å². The van der Waals surface area contributed by atoms with Crippen LogP contribution in [-0.2, 0) is 14.8 Å². The van der Waals surface area contributed by atoms with Crippen molar-refractivity contribution in [1.82, 2.24) is 4.31 Å². The molecule has 6 heteroatoms. The number of hydrogen-bond acceptors (Lipinski definition) is 4. The molecule has 0 aliphatic heterocycles. The van der Waals surface area contributed by atoms with E-state index in [1.165, 1.54) is 4.31 Å². The van der Waals surface area contributed by atoms with Crippen molar-refractivity contribution in [2.45, 2.75) is 25.8 Å². The van der Waals surface area contributed by atoms with Crippen LogP contribution in [0.3, 0.4) is 0 Å². The number of rotatable bonds is 8. The molecule has 0 aromatic carbocycles. The second-order valence-electron chi connectivity index (χ2n) is 3.63. The largest absolute Gasteiger partial charge is 0.383 e. The number of nitrogens with zero attached hydrogens (tertiary/aromatic N) is 1. The summed E-state index contributed by atoms with van der Waals surface area (Å²) in [7, 11) is -0.0105. The molecule has 0 spiro atoms. The summed E-state index contributed by atoms with van der Waals surface area (Å²) in [6, 6.07) is -0.127. The van der Waals surface area contributed by atoms with Gasteiger partial charge in [-0.2, -0.15) is 4.31 Å². The van der Waals surface area contributed by atoms with E-state index in [0.717, 1.165) is 6.42 Å². The lowest BCUT2D eigenvalue weighted by Gasteiger charge is -2.23. The van der Waals surface area contributed by atoms with E-state index >= 15 is 0 Å². The number of sulfonamides is 1. The standard InChI is InChI=1S/C9H22N2O3S/c1-9(8-14-3)11(2)15(12,13)7-5-4-6-10/h9H,4-8,10H2,1-3H3. The van der Waals surface area contributed by atoms with E-state index in [9.17, 15) is 8.42 Å². The van der Waals surface area contributed by atoms with Crippen molar-refractivity contribution in [3.63, 3.8) is 0 Å². The fourth-order valence-corrected chi connectivity index (χ4v) is 2.66. The summed E-state index contributed by atoms with van der Waals surface area (Å²) >= 11 is 0. The van der Waals surface area contributed by atoms with Crippen LogP contribution in [0.4, 0.5) is 0 Å². The fraction of sp³-hybridized carbons (Fsp3) is 1.00. The van der Waals surface area contributed by atoms with Crippen LogP contribution in [0.5, 0.6) is 0 Å². The maximum absolute atomic E-state index is 11.8. The monoisotopic (exact) mass is 238 g/mol. The van der Waals surface area contributed by atoms with Gasteiger partial charge in [-0.1, -0.05) is 0 Å². The zero-order valence-electron chi connectivity index (χ0n) is 9.77. The van der Waals surface area contributed by atoms with Gasteiger partial charge >= 0.3 is 0 Å². The summed E-state index contributed by atoms with van der Waals surface area (Å²) in [4.78, 5) is 0. The highest BCUT2D eigenvalue weighted by molar-refractivity contribution is 7.89. The average Bonchev–Trinajstić information content (AvgIpc) is 2.17. The van der Waals surface area contributed by atoms with E-state index in [0.29, 0.717) is 19.6 Å². The van der Waals surface area contributed by atoms with Crippen molar-refractivity contribution in [3.8, 4) is 0 Å². The van der Waals surface area contributed by atoms with E-state index in [1.54, 1.807) is 14.2 Å². The van der Waals surface area contributed by atoms with Gasteiger partial charge in [0.1, 0.15) is 0 Å². The topological polar surface area (TPSA) is 72.6 Å². The lowest BCUT2D eigenvalue weighted by Crippen LogP contribution is -2.39. The first kappa shape index (κ1) is 14.8. The van der Waals surface area contributed by atoms with Crippen LogP contribution in [-0.4, -0.2) is 51.8 Å². The minimum absolute atomic E-state index is 0.127. The van der Waals surface area contributed by atoms with Gasteiger partial charge in [0.05, 0.1) is 12.4 Å². The van der Waals surface area contributed by atoms with Crippen LogP contribution in [0.2, 0.25) is 0 Å². The van der Waals surface area contributed by atoms with Crippen molar-refractivity contribution in [2.75, 3.05) is 33.1 Å². The third kappa shape index (κ3) is 5.46. The maximum Gasteiger partial charge on any atom is 0.214 e. The Balaban J connectivity index is 4.19. The first-order valence-corrected chi connectivity index (χ1v) is 6.71. The van der Waals surface area contributed by atoms with Crippen molar-refractivity contribution in [3.05, 3.63) is 0 Å². The predicted molar refractivity (Wildman–Crippen MR) is 61.2 cm³/mol. The molecular weight excluding hydrogens is 216 g/mol. The Labute approximate surface area is 92.6 Å². The van der Waals surface area contributed by atoms with Gasteiger partial charge in [0, 0.05) is 20.2 Å². The SMILES string of the molecule is COCC(C)N(C)S(=O)(=O)CCCCN. The summed E-state index contributed by atoms with van der Waals surface area (Å²) in [6.07, 6.45) is 1.36. The van der Waals surface area contributed by atoms with Crippen LogP contribution >= 0.6 is 0 Å². The molecule has 0 aliphatic carbocycles. The van der Waals surface area contributed by atoms with Gasteiger partial charge in [-0.15, -0.1) is 0 Å². The predicted octanol–water partition coefficient (Wildman–Crippen LogP) is 0.0218. The third-order valence-electron chi connectivity index (χ3n) is 2.32. The van der Waals surface area contributed by atoms with E-state index in [1.807, 2.05) is 6.92 Å². The molecule has 1 atom stereocenters. The van der Waals surface area contributed by atoms with Crippen LogP contribution in [0.15, 0.2) is 0 Å². The molecule has 0 aromatic rings. The number of nitrogens with two attached hydrogens (primary N) is 1. The average molecular weight is 238 g/mol. The minimum Gasteiger partial charge on any atom is -0.383 e. The molecule has 5 nitrogen and oxygen atoms in total. The zero-order chi connectivity index (χ0) is 11.9. The van der Waals surface area contributed by atoms with Crippen LogP contribution in [0, 0.1) is 0 Å². The lowest BCUT2D eigenvalue weighted by molar-refractivity contribution is 0.149. The molecule has 0 heterocycles. The highest BCUT2D eigenvalue weighted by Gasteiger charge is 2.22. The quantitative estimate of drug-likeness (QED) is 0.605. The molecular formula is C9H22N2O3S. The first-order chi connectivity index (χ1) is 6.95. The van der Waals surface area contributed by atoms with Gasteiger partial charge in [-0.05, 0) is 26.3 Å². The third-order valence-corrected chi connectivity index (χ3v) is 4.37. The van der Waals surface area contributed by atoms with E-state index < -0.39 is 10.0 Å². The summed E-state index contributed by atoms with van der Waals surface area (Å²) in [5, 5.41) is 0. The molecule has 0 fully saturated rings. The smallest absolute Gasteiger partial charge is 0.214 e. The molecule has 0 amide bonds. The van der Waals surface area contributed by atoms with E-state index in [2.05, 4.69) is 0 Å². The molecule has 0 saturated heterocycles. The van der Waals surface area contributed by atoms with Gasteiger partial charge < -0.3 is 10.5 Å². The van der Waals surface area contributed by atoms with Gasteiger partial charge in [-0.25, -0.2) is 8.42 Å². The molecule has 92 valence electrons. The van der Waals surface area contributed by atoms with Gasteiger partial charge in [0.15, 0.2) is 0 Å². The number of ether oxygens (including phenoxy) is 1. The van der Waals surface area contributed by atoms with Crippen LogP contribution in [0.1, 0.15) is 19.8 Å². The number of unbranched alkanes of at least 4 members (excludes halogenated alkanes) is 1. The van der Waals surface area contributed by atoms with E-state index in [4.69, 9.17) is 10.5 Å². The molecule has 0 radical (unpaired) electrons. The Hall–Kier alpha value is -0.170. The Morgan fingerprint density at radius 2 is 2.00 bits per heavy atom. The summed E-state index contributed by atoms with van der Waals surface area (Å²) in [5.41, 5.74) is 5.31. The Morgan fingerprint density at radius 1 is 1.40 bits per heavy atom. The van der Waals surface area contributed by atoms with Crippen molar-refractivity contribution in [1.29, 1.82) is 0 Å². The van der Waals surface area contributed by atoms with Crippen molar-refractivity contribution < 1.29 is 13.2 Å². The normalized spacial score (nSPS) is 14.5. The molecule has 2 N–H and O–H groups in total. The Bertz CT molecular complexity index is 254. The molecule has 1 unspecified atom stereocenters. The second-order valence-corrected chi connectivity index (χ2v) is 5.78. The fourth-order valence-electron chi connectivity index (χ4n) is 1.19. The number of likely N-dealkylation sites (N-methyl/N-ethyl adjacent to an activating group) is 1.